The fourth-order valence-corrected chi connectivity index (χ4v) is 5.05. The van der Waals surface area contributed by atoms with E-state index in [4.69, 9.17) is 4.74 Å². The summed E-state index contributed by atoms with van der Waals surface area (Å²) in [6.45, 7) is 2.24. The van der Waals surface area contributed by atoms with E-state index in [2.05, 4.69) is 15.1 Å². The standard InChI is InChI=1S/C27H27F2N3O2/c1-34-22-11-6-18-14-23(27(33)30-16-19-4-2-3-5-24(19)29)26-17-31(12-13-32(26)25(18)15-22)21-9-7-20(28)8-10-21/h2-11,15,23,26H,12-14,16-17H2,1H3,(H,30,33). The molecule has 5 nitrogen and oxygen atoms in total. The maximum Gasteiger partial charge on any atom is 0.225 e. The molecule has 34 heavy (non-hydrogen) atoms. The number of hydrogen-bond acceptors (Lipinski definition) is 4. The van der Waals surface area contributed by atoms with Gasteiger partial charge in [-0.3, -0.25) is 4.79 Å². The van der Waals surface area contributed by atoms with Gasteiger partial charge in [-0.05, 0) is 48.4 Å². The molecular weight excluding hydrogens is 436 g/mol. The summed E-state index contributed by atoms with van der Waals surface area (Å²) < 4.78 is 33.0. The van der Waals surface area contributed by atoms with Crippen molar-refractivity contribution in [2.45, 2.75) is 19.0 Å². The Labute approximate surface area is 197 Å². The fourth-order valence-electron chi connectivity index (χ4n) is 5.05. The lowest BCUT2D eigenvalue weighted by molar-refractivity contribution is -0.126. The molecule has 1 N–H and O–H groups in total. The van der Waals surface area contributed by atoms with Gasteiger partial charge >= 0.3 is 0 Å². The van der Waals surface area contributed by atoms with Crippen LogP contribution in [0.2, 0.25) is 0 Å². The molecule has 5 rings (SSSR count). The topological polar surface area (TPSA) is 44.8 Å². The predicted molar refractivity (Wildman–Crippen MR) is 128 cm³/mol. The summed E-state index contributed by atoms with van der Waals surface area (Å²) in [5.41, 5.74) is 3.58. The Morgan fingerprint density at radius 1 is 1.06 bits per heavy atom. The Morgan fingerprint density at radius 2 is 1.85 bits per heavy atom. The summed E-state index contributed by atoms with van der Waals surface area (Å²) in [5, 5.41) is 2.96. The Hall–Kier alpha value is -3.61. The third kappa shape index (κ3) is 4.30. The van der Waals surface area contributed by atoms with E-state index in [-0.39, 0.29) is 36.0 Å². The first-order valence-corrected chi connectivity index (χ1v) is 11.5. The summed E-state index contributed by atoms with van der Waals surface area (Å²) in [7, 11) is 1.65. The van der Waals surface area contributed by atoms with E-state index in [1.165, 1.54) is 18.2 Å². The van der Waals surface area contributed by atoms with Crippen LogP contribution in [0.4, 0.5) is 20.2 Å². The lowest BCUT2D eigenvalue weighted by Gasteiger charge is -2.49. The number of benzene rings is 3. The van der Waals surface area contributed by atoms with Crippen LogP contribution in [0.15, 0.2) is 66.7 Å². The van der Waals surface area contributed by atoms with Crippen LogP contribution in [0.25, 0.3) is 0 Å². The average Bonchev–Trinajstić information content (AvgIpc) is 2.87. The van der Waals surface area contributed by atoms with E-state index in [0.717, 1.165) is 35.8 Å². The predicted octanol–water partition coefficient (Wildman–Crippen LogP) is 4.16. The van der Waals surface area contributed by atoms with E-state index in [1.807, 2.05) is 18.2 Å². The molecule has 0 bridgehead atoms. The molecule has 7 heteroatoms. The molecule has 176 valence electrons. The Kier molecular flexibility index (Phi) is 6.09. The van der Waals surface area contributed by atoms with Crippen LogP contribution < -0.4 is 19.9 Å². The van der Waals surface area contributed by atoms with Crippen molar-refractivity contribution in [3.8, 4) is 5.75 Å². The third-order valence-corrected chi connectivity index (χ3v) is 6.86. The maximum absolute atomic E-state index is 14.1. The average molecular weight is 464 g/mol. The zero-order chi connectivity index (χ0) is 23.7. The number of anilines is 2. The van der Waals surface area contributed by atoms with E-state index in [0.29, 0.717) is 18.5 Å². The van der Waals surface area contributed by atoms with Gasteiger partial charge in [0.2, 0.25) is 5.91 Å². The van der Waals surface area contributed by atoms with Crippen LogP contribution in [0, 0.1) is 17.6 Å². The smallest absolute Gasteiger partial charge is 0.225 e. The highest BCUT2D eigenvalue weighted by Crippen LogP contribution is 2.39. The maximum atomic E-state index is 14.1. The van der Waals surface area contributed by atoms with Gasteiger partial charge in [0, 0.05) is 49.2 Å². The molecule has 0 spiro atoms. The van der Waals surface area contributed by atoms with E-state index in [1.54, 1.807) is 37.4 Å². The number of nitrogens with zero attached hydrogens (tertiary/aromatic N) is 2. The number of carbonyl (C=O) groups excluding carboxylic acids is 1. The SMILES string of the molecule is COc1ccc2c(c1)N1CCN(c3ccc(F)cc3)CC1C(C(=O)NCc1ccccc1F)C2. The number of piperazine rings is 1. The summed E-state index contributed by atoms with van der Waals surface area (Å²) in [5.74, 6) is -0.227. The van der Waals surface area contributed by atoms with Crippen LogP contribution in [0.3, 0.4) is 0 Å². The van der Waals surface area contributed by atoms with Crippen molar-refractivity contribution in [2.75, 3.05) is 36.5 Å². The second kappa shape index (κ2) is 9.33. The molecule has 1 saturated heterocycles. The third-order valence-electron chi connectivity index (χ3n) is 6.86. The fraction of sp³-hybridized carbons (Fsp3) is 0.296. The van der Waals surface area contributed by atoms with Crippen LogP contribution >= 0.6 is 0 Å². The van der Waals surface area contributed by atoms with E-state index in [9.17, 15) is 13.6 Å². The van der Waals surface area contributed by atoms with Gasteiger partial charge in [-0.25, -0.2) is 8.78 Å². The monoisotopic (exact) mass is 463 g/mol. The Bertz CT molecular complexity index is 1180. The van der Waals surface area contributed by atoms with Crippen molar-refractivity contribution >= 4 is 17.3 Å². The number of halogens is 2. The molecule has 0 aliphatic carbocycles. The van der Waals surface area contributed by atoms with E-state index < -0.39 is 0 Å². The first-order chi connectivity index (χ1) is 16.5. The van der Waals surface area contributed by atoms with Crippen LogP contribution in [-0.4, -0.2) is 38.7 Å². The molecule has 3 aromatic carbocycles. The minimum atomic E-state index is -0.328. The van der Waals surface area contributed by atoms with Crippen LogP contribution in [0.1, 0.15) is 11.1 Å². The van der Waals surface area contributed by atoms with Gasteiger partial charge in [-0.2, -0.15) is 0 Å². The summed E-state index contributed by atoms with van der Waals surface area (Å²) in [4.78, 5) is 17.9. The second-order valence-electron chi connectivity index (χ2n) is 8.80. The van der Waals surface area contributed by atoms with E-state index >= 15 is 0 Å². The van der Waals surface area contributed by atoms with Gasteiger partial charge in [0.05, 0.1) is 19.1 Å². The van der Waals surface area contributed by atoms with Crippen molar-refractivity contribution in [3.05, 3.63) is 89.5 Å². The molecule has 2 aliphatic heterocycles. The first kappa shape index (κ1) is 22.2. The number of carbonyl (C=O) groups is 1. The summed E-state index contributed by atoms with van der Waals surface area (Å²) in [6, 6.07) is 18.8. The normalized spacial score (nSPS) is 19.3. The van der Waals surface area contributed by atoms with Crippen LogP contribution in [-0.2, 0) is 17.8 Å². The summed E-state index contributed by atoms with van der Waals surface area (Å²) in [6.07, 6.45) is 0.584. The highest BCUT2D eigenvalue weighted by Gasteiger charge is 2.41. The molecule has 2 unspecified atom stereocenters. The quantitative estimate of drug-likeness (QED) is 0.617. The molecule has 1 fully saturated rings. The van der Waals surface area contributed by atoms with Gasteiger partial charge in [0.15, 0.2) is 0 Å². The largest absolute Gasteiger partial charge is 0.497 e. The number of amides is 1. The molecule has 2 atom stereocenters. The minimum absolute atomic E-state index is 0.0842. The second-order valence-corrected chi connectivity index (χ2v) is 8.80. The highest BCUT2D eigenvalue weighted by molar-refractivity contribution is 5.82. The first-order valence-electron chi connectivity index (χ1n) is 11.5. The van der Waals surface area contributed by atoms with Crippen LogP contribution in [0.5, 0.6) is 5.75 Å². The highest BCUT2D eigenvalue weighted by atomic mass is 19.1. The Morgan fingerprint density at radius 3 is 2.62 bits per heavy atom. The molecular formula is C27H27F2N3O2. The zero-order valence-electron chi connectivity index (χ0n) is 19.0. The zero-order valence-corrected chi connectivity index (χ0v) is 19.0. The number of fused-ring (bicyclic) bond motifs is 3. The van der Waals surface area contributed by atoms with Gasteiger partial charge in [-0.15, -0.1) is 0 Å². The van der Waals surface area contributed by atoms with Crippen molar-refractivity contribution in [2.24, 2.45) is 5.92 Å². The van der Waals surface area contributed by atoms with Crippen molar-refractivity contribution < 1.29 is 18.3 Å². The number of ether oxygens (including phenoxy) is 1. The number of nitrogens with one attached hydrogen (secondary N) is 1. The van der Waals surface area contributed by atoms with Crippen molar-refractivity contribution in [3.63, 3.8) is 0 Å². The molecule has 0 aromatic heterocycles. The number of hydrogen-bond donors (Lipinski definition) is 1. The molecule has 1 amide bonds. The Balaban J connectivity index is 1.42. The lowest BCUT2D eigenvalue weighted by atomic mass is 9.83. The molecule has 2 heterocycles. The molecule has 0 saturated carbocycles. The van der Waals surface area contributed by atoms with Gasteiger partial charge < -0.3 is 19.9 Å². The summed E-state index contributed by atoms with van der Waals surface area (Å²) >= 11 is 0. The van der Waals surface area contributed by atoms with Gasteiger partial charge in [-0.1, -0.05) is 24.3 Å². The molecule has 0 radical (unpaired) electrons. The number of rotatable bonds is 5. The van der Waals surface area contributed by atoms with Crippen molar-refractivity contribution in [1.82, 2.24) is 5.32 Å². The van der Waals surface area contributed by atoms with Gasteiger partial charge in [0.25, 0.3) is 0 Å². The van der Waals surface area contributed by atoms with Gasteiger partial charge in [0.1, 0.15) is 17.4 Å². The molecule has 3 aromatic rings. The minimum Gasteiger partial charge on any atom is -0.497 e. The molecule has 2 aliphatic rings. The number of methoxy groups -OCH3 is 1. The lowest BCUT2D eigenvalue weighted by Crippen LogP contribution is -2.61. The van der Waals surface area contributed by atoms with Crippen molar-refractivity contribution in [1.29, 1.82) is 0 Å².